The summed E-state index contributed by atoms with van der Waals surface area (Å²) in [7, 11) is 0. The summed E-state index contributed by atoms with van der Waals surface area (Å²) in [6, 6.07) is 0.369. The van der Waals surface area contributed by atoms with E-state index in [1.165, 1.54) is 43.6 Å². The highest BCUT2D eigenvalue weighted by Gasteiger charge is 2.42. The van der Waals surface area contributed by atoms with E-state index in [1.807, 2.05) is 11.8 Å². The fourth-order valence-electron chi connectivity index (χ4n) is 4.11. The number of hydrogen-bond acceptors (Lipinski definition) is 4. The maximum absolute atomic E-state index is 6.53. The Hall–Kier alpha value is 0.230. The third kappa shape index (κ3) is 3.34. The van der Waals surface area contributed by atoms with Gasteiger partial charge in [-0.3, -0.25) is 0 Å². The number of thioether (sulfide) groups is 1. The van der Waals surface area contributed by atoms with E-state index < -0.39 is 0 Å². The molecule has 2 N–H and O–H groups in total. The van der Waals surface area contributed by atoms with Crippen LogP contribution in [0.3, 0.4) is 0 Å². The third-order valence-corrected chi connectivity index (χ3v) is 6.63. The van der Waals surface area contributed by atoms with Crippen molar-refractivity contribution in [3.63, 3.8) is 0 Å². The van der Waals surface area contributed by atoms with Crippen LogP contribution in [0.25, 0.3) is 0 Å². The van der Waals surface area contributed by atoms with E-state index in [1.54, 1.807) is 0 Å². The summed E-state index contributed by atoms with van der Waals surface area (Å²) in [5.74, 6) is 3.93. The van der Waals surface area contributed by atoms with E-state index in [2.05, 4.69) is 6.92 Å². The molecule has 1 spiro atoms. The molecule has 1 aliphatic carbocycles. The van der Waals surface area contributed by atoms with Crippen LogP contribution < -0.4 is 5.73 Å². The van der Waals surface area contributed by atoms with Gasteiger partial charge >= 0.3 is 0 Å². The number of rotatable bonds is 5. The molecule has 0 radical (unpaired) electrons. The van der Waals surface area contributed by atoms with Gasteiger partial charge in [-0.15, -0.1) is 0 Å². The SMILES string of the molecule is CCOC1CC(CC(N)C2CCOC3(CCSC3)C2)C1. The molecule has 3 unspecified atom stereocenters. The molecule has 3 nitrogen and oxygen atoms in total. The van der Waals surface area contributed by atoms with E-state index >= 15 is 0 Å². The zero-order valence-electron chi connectivity index (χ0n) is 12.7. The molecule has 2 saturated heterocycles. The topological polar surface area (TPSA) is 44.5 Å². The predicted molar refractivity (Wildman–Crippen MR) is 84.1 cm³/mol. The second-order valence-electron chi connectivity index (χ2n) is 6.90. The fourth-order valence-corrected chi connectivity index (χ4v) is 5.49. The molecule has 3 atom stereocenters. The molecule has 0 bridgehead atoms. The highest BCUT2D eigenvalue weighted by Crippen LogP contribution is 2.42. The van der Waals surface area contributed by atoms with Crippen LogP contribution in [0.15, 0.2) is 0 Å². The molecule has 0 aromatic rings. The standard InChI is InChI=1S/C16H29NO2S/c1-2-18-14-7-12(8-14)9-15(17)13-3-5-19-16(10-13)4-6-20-11-16/h12-15H,2-11,17H2,1H3. The molecule has 116 valence electrons. The number of hydrogen-bond donors (Lipinski definition) is 1. The van der Waals surface area contributed by atoms with Gasteiger partial charge in [0.25, 0.3) is 0 Å². The zero-order valence-corrected chi connectivity index (χ0v) is 13.5. The van der Waals surface area contributed by atoms with Crippen molar-refractivity contribution < 1.29 is 9.47 Å². The molecular formula is C16H29NO2S. The van der Waals surface area contributed by atoms with Gasteiger partial charge in [0, 0.05) is 25.0 Å². The van der Waals surface area contributed by atoms with Gasteiger partial charge in [-0.05, 0) is 63.0 Å². The van der Waals surface area contributed by atoms with Crippen LogP contribution in [-0.2, 0) is 9.47 Å². The van der Waals surface area contributed by atoms with Gasteiger partial charge in [0.1, 0.15) is 0 Å². The van der Waals surface area contributed by atoms with Crippen molar-refractivity contribution in [2.45, 2.75) is 63.2 Å². The summed E-state index contributed by atoms with van der Waals surface area (Å²) in [6.45, 7) is 3.86. The maximum atomic E-state index is 6.53. The van der Waals surface area contributed by atoms with E-state index in [0.29, 0.717) is 18.1 Å². The quantitative estimate of drug-likeness (QED) is 0.848. The molecule has 20 heavy (non-hydrogen) atoms. The van der Waals surface area contributed by atoms with Gasteiger partial charge in [0.15, 0.2) is 0 Å². The largest absolute Gasteiger partial charge is 0.378 e. The van der Waals surface area contributed by atoms with Crippen LogP contribution in [0.2, 0.25) is 0 Å². The Morgan fingerprint density at radius 3 is 3.00 bits per heavy atom. The van der Waals surface area contributed by atoms with Gasteiger partial charge < -0.3 is 15.2 Å². The highest BCUT2D eigenvalue weighted by molar-refractivity contribution is 7.99. The number of nitrogens with two attached hydrogens (primary N) is 1. The van der Waals surface area contributed by atoms with Crippen molar-refractivity contribution in [2.24, 2.45) is 17.6 Å². The minimum Gasteiger partial charge on any atom is -0.378 e. The summed E-state index contributed by atoms with van der Waals surface area (Å²) in [5, 5.41) is 0. The maximum Gasteiger partial charge on any atom is 0.0783 e. The second kappa shape index (κ2) is 6.55. The molecule has 0 amide bonds. The van der Waals surface area contributed by atoms with Crippen molar-refractivity contribution in [1.82, 2.24) is 0 Å². The minimum absolute atomic E-state index is 0.179. The zero-order chi connectivity index (χ0) is 14.0. The molecule has 3 aliphatic rings. The molecule has 0 aromatic heterocycles. The highest BCUT2D eigenvalue weighted by atomic mass is 32.2. The number of ether oxygens (including phenoxy) is 2. The van der Waals surface area contributed by atoms with Crippen LogP contribution in [0.5, 0.6) is 0 Å². The summed E-state index contributed by atoms with van der Waals surface area (Å²) in [4.78, 5) is 0. The first-order chi connectivity index (χ1) is 9.71. The predicted octanol–water partition coefficient (Wildman–Crippen LogP) is 2.82. The van der Waals surface area contributed by atoms with Gasteiger partial charge in [-0.25, -0.2) is 0 Å². The normalized spacial score (nSPS) is 42.6. The Morgan fingerprint density at radius 2 is 2.30 bits per heavy atom. The lowest BCUT2D eigenvalue weighted by Crippen LogP contribution is -2.47. The molecule has 2 aliphatic heterocycles. The summed E-state index contributed by atoms with van der Waals surface area (Å²) < 4.78 is 11.8. The van der Waals surface area contributed by atoms with E-state index in [-0.39, 0.29) is 5.60 Å². The van der Waals surface area contributed by atoms with Crippen molar-refractivity contribution in [3.8, 4) is 0 Å². The first-order valence-electron chi connectivity index (χ1n) is 8.29. The van der Waals surface area contributed by atoms with Crippen LogP contribution in [0.4, 0.5) is 0 Å². The van der Waals surface area contributed by atoms with Crippen molar-refractivity contribution >= 4 is 11.8 Å². The van der Waals surface area contributed by atoms with Gasteiger partial charge in [-0.2, -0.15) is 11.8 Å². The Kier molecular flexibility index (Phi) is 4.96. The minimum atomic E-state index is 0.179. The first kappa shape index (κ1) is 15.1. The Labute approximate surface area is 127 Å². The Balaban J connectivity index is 1.44. The summed E-state index contributed by atoms with van der Waals surface area (Å²) >= 11 is 2.05. The van der Waals surface area contributed by atoms with Gasteiger partial charge in [-0.1, -0.05) is 0 Å². The summed E-state index contributed by atoms with van der Waals surface area (Å²) in [5.41, 5.74) is 6.71. The molecule has 3 rings (SSSR count). The first-order valence-corrected chi connectivity index (χ1v) is 9.45. The Bertz CT molecular complexity index is 314. The third-order valence-electron chi connectivity index (χ3n) is 5.40. The van der Waals surface area contributed by atoms with Crippen molar-refractivity contribution in [1.29, 1.82) is 0 Å². The van der Waals surface area contributed by atoms with Gasteiger partial charge in [0.05, 0.1) is 11.7 Å². The Morgan fingerprint density at radius 1 is 1.45 bits per heavy atom. The van der Waals surface area contributed by atoms with E-state index in [0.717, 1.165) is 25.6 Å². The van der Waals surface area contributed by atoms with Crippen LogP contribution in [0, 0.1) is 11.8 Å². The van der Waals surface area contributed by atoms with E-state index in [9.17, 15) is 0 Å². The lowest BCUT2D eigenvalue weighted by atomic mass is 9.73. The van der Waals surface area contributed by atoms with Crippen LogP contribution in [-0.4, -0.2) is 42.5 Å². The fraction of sp³-hybridized carbons (Fsp3) is 1.00. The smallest absolute Gasteiger partial charge is 0.0783 e. The molecule has 2 heterocycles. The second-order valence-corrected chi connectivity index (χ2v) is 8.01. The van der Waals surface area contributed by atoms with Gasteiger partial charge in [0.2, 0.25) is 0 Å². The van der Waals surface area contributed by atoms with E-state index in [4.69, 9.17) is 15.2 Å². The molecule has 0 aromatic carbocycles. The molecule has 4 heteroatoms. The van der Waals surface area contributed by atoms with Crippen molar-refractivity contribution in [2.75, 3.05) is 24.7 Å². The molecular weight excluding hydrogens is 270 g/mol. The molecule has 1 saturated carbocycles. The monoisotopic (exact) mass is 299 g/mol. The summed E-state index contributed by atoms with van der Waals surface area (Å²) in [6.07, 6.45) is 7.76. The molecule has 3 fully saturated rings. The average molecular weight is 299 g/mol. The lowest BCUT2D eigenvalue weighted by molar-refractivity contribution is -0.0869. The lowest BCUT2D eigenvalue weighted by Gasteiger charge is -2.42. The van der Waals surface area contributed by atoms with Crippen LogP contribution in [0.1, 0.15) is 45.4 Å². The average Bonchev–Trinajstić information content (AvgIpc) is 2.84. The van der Waals surface area contributed by atoms with Crippen molar-refractivity contribution in [3.05, 3.63) is 0 Å². The van der Waals surface area contributed by atoms with Crippen LogP contribution >= 0.6 is 11.8 Å².